The van der Waals surface area contributed by atoms with E-state index in [4.69, 9.17) is 9.47 Å². The minimum Gasteiger partial charge on any atom is -0.490 e. The molecule has 8 nitrogen and oxygen atoms in total. The highest BCUT2D eigenvalue weighted by Gasteiger charge is 2.21. The Balaban J connectivity index is 1.35. The number of hydrogen-bond acceptors (Lipinski definition) is 8. The van der Waals surface area contributed by atoms with Crippen molar-refractivity contribution in [1.82, 2.24) is 20.2 Å². The van der Waals surface area contributed by atoms with Crippen molar-refractivity contribution in [2.75, 3.05) is 38.7 Å². The number of anilines is 2. The van der Waals surface area contributed by atoms with Crippen molar-refractivity contribution in [2.45, 2.75) is 25.3 Å². The SMILES string of the molecule is CN1CCC(NC(=O)c2cc3c(Nc4ccc5c(c4)OCCCO5)ncnc3s2)CC1. The first kappa shape index (κ1) is 20.0. The standard InChI is InChI=1S/C22H25N5O3S/c1-27-7-5-14(6-8-27)26-21(28)19-12-16-20(23-13-24-22(16)31-19)25-15-3-4-17-18(11-15)30-10-2-9-29-17/h3-4,11-14H,2,5-10H2,1H3,(H,26,28)(H,23,24,25). The fourth-order valence-electron chi connectivity index (χ4n) is 3.85. The molecule has 0 atom stereocenters. The molecule has 162 valence electrons. The van der Waals surface area contributed by atoms with Gasteiger partial charge in [-0.05, 0) is 51.2 Å². The molecule has 31 heavy (non-hydrogen) atoms. The van der Waals surface area contributed by atoms with Crippen molar-refractivity contribution >= 4 is 39.0 Å². The Kier molecular flexibility index (Phi) is 5.61. The van der Waals surface area contributed by atoms with Crippen LogP contribution < -0.4 is 20.1 Å². The number of hydrogen-bond donors (Lipinski definition) is 2. The zero-order valence-electron chi connectivity index (χ0n) is 17.4. The molecule has 1 saturated heterocycles. The van der Waals surface area contributed by atoms with Gasteiger partial charge in [0.25, 0.3) is 5.91 Å². The summed E-state index contributed by atoms with van der Waals surface area (Å²) in [7, 11) is 2.11. The number of piperidine rings is 1. The van der Waals surface area contributed by atoms with Crippen molar-refractivity contribution < 1.29 is 14.3 Å². The zero-order valence-corrected chi connectivity index (χ0v) is 18.2. The Labute approximate surface area is 184 Å². The molecule has 2 N–H and O–H groups in total. The highest BCUT2D eigenvalue weighted by Crippen LogP contribution is 2.35. The van der Waals surface area contributed by atoms with Crippen LogP contribution >= 0.6 is 11.3 Å². The summed E-state index contributed by atoms with van der Waals surface area (Å²) in [4.78, 5) is 25.3. The molecule has 0 radical (unpaired) electrons. The van der Waals surface area contributed by atoms with Crippen LogP contribution in [0.3, 0.4) is 0 Å². The third-order valence-electron chi connectivity index (χ3n) is 5.62. The Hall–Kier alpha value is -2.91. The van der Waals surface area contributed by atoms with Gasteiger partial charge in [0.1, 0.15) is 17.0 Å². The highest BCUT2D eigenvalue weighted by molar-refractivity contribution is 7.20. The summed E-state index contributed by atoms with van der Waals surface area (Å²) in [6.45, 7) is 3.30. The van der Waals surface area contributed by atoms with Gasteiger partial charge in [-0.15, -0.1) is 11.3 Å². The van der Waals surface area contributed by atoms with Crippen LogP contribution in [-0.2, 0) is 0 Å². The second kappa shape index (κ2) is 8.68. The van der Waals surface area contributed by atoms with Crippen molar-refractivity contribution in [3.8, 4) is 11.5 Å². The van der Waals surface area contributed by atoms with Crippen molar-refractivity contribution in [2.24, 2.45) is 0 Å². The number of carbonyl (C=O) groups excluding carboxylic acids is 1. The first-order chi connectivity index (χ1) is 15.2. The van der Waals surface area contributed by atoms with Gasteiger partial charge in [-0.2, -0.15) is 0 Å². The van der Waals surface area contributed by atoms with E-state index in [9.17, 15) is 4.79 Å². The van der Waals surface area contributed by atoms with Gasteiger partial charge in [0.05, 0.1) is 23.5 Å². The number of rotatable bonds is 4. The quantitative estimate of drug-likeness (QED) is 0.644. The minimum atomic E-state index is -0.0425. The summed E-state index contributed by atoms with van der Waals surface area (Å²) >= 11 is 1.39. The number of ether oxygens (including phenoxy) is 2. The molecule has 5 rings (SSSR count). The lowest BCUT2D eigenvalue weighted by molar-refractivity contribution is 0.0921. The van der Waals surface area contributed by atoms with E-state index in [1.165, 1.54) is 17.7 Å². The average Bonchev–Trinajstić information content (AvgIpc) is 3.09. The number of aromatic nitrogens is 2. The third kappa shape index (κ3) is 4.42. The van der Waals surface area contributed by atoms with E-state index >= 15 is 0 Å². The maximum absolute atomic E-state index is 12.8. The van der Waals surface area contributed by atoms with E-state index in [1.807, 2.05) is 24.3 Å². The van der Waals surface area contributed by atoms with Crippen molar-refractivity contribution in [3.63, 3.8) is 0 Å². The number of nitrogens with one attached hydrogen (secondary N) is 2. The predicted molar refractivity (Wildman–Crippen MR) is 121 cm³/mol. The van der Waals surface area contributed by atoms with Gasteiger partial charge in [-0.3, -0.25) is 4.79 Å². The molecular weight excluding hydrogens is 414 g/mol. The molecule has 4 heterocycles. The van der Waals surface area contributed by atoms with Crippen LogP contribution in [0.25, 0.3) is 10.2 Å². The van der Waals surface area contributed by atoms with Crippen LogP contribution in [0.2, 0.25) is 0 Å². The molecule has 2 aliphatic rings. The van der Waals surface area contributed by atoms with Crippen LogP contribution in [0.15, 0.2) is 30.6 Å². The van der Waals surface area contributed by atoms with Gasteiger partial charge in [0.2, 0.25) is 0 Å². The fourth-order valence-corrected chi connectivity index (χ4v) is 4.76. The maximum atomic E-state index is 12.8. The lowest BCUT2D eigenvalue weighted by atomic mass is 10.1. The molecule has 0 spiro atoms. The predicted octanol–water partition coefficient (Wildman–Crippen LogP) is 3.42. The molecule has 2 aliphatic heterocycles. The first-order valence-electron chi connectivity index (χ1n) is 10.6. The second-order valence-electron chi connectivity index (χ2n) is 7.94. The number of thiophene rings is 1. The van der Waals surface area contributed by atoms with Gasteiger partial charge in [0.15, 0.2) is 11.5 Å². The van der Waals surface area contributed by atoms with Gasteiger partial charge in [-0.25, -0.2) is 9.97 Å². The Bertz CT molecular complexity index is 1090. The van der Waals surface area contributed by atoms with E-state index in [2.05, 4.69) is 32.5 Å². The molecule has 0 aliphatic carbocycles. The van der Waals surface area contributed by atoms with Gasteiger partial charge < -0.3 is 25.0 Å². The number of carbonyl (C=O) groups is 1. The number of fused-ring (bicyclic) bond motifs is 2. The smallest absolute Gasteiger partial charge is 0.261 e. The van der Waals surface area contributed by atoms with Crippen LogP contribution in [0.4, 0.5) is 11.5 Å². The molecule has 1 fully saturated rings. The topological polar surface area (TPSA) is 88.6 Å². The number of benzene rings is 1. The van der Waals surface area contributed by atoms with E-state index < -0.39 is 0 Å². The monoisotopic (exact) mass is 439 g/mol. The van der Waals surface area contributed by atoms with Crippen LogP contribution in [0.1, 0.15) is 28.9 Å². The van der Waals surface area contributed by atoms with Crippen LogP contribution in [0, 0.1) is 0 Å². The summed E-state index contributed by atoms with van der Waals surface area (Å²) in [5, 5.41) is 7.34. The molecule has 1 aromatic carbocycles. The van der Waals surface area contributed by atoms with Crippen molar-refractivity contribution in [1.29, 1.82) is 0 Å². The molecule has 0 bridgehead atoms. The normalized spacial score (nSPS) is 17.3. The molecule has 3 aromatic rings. The Morgan fingerprint density at radius 3 is 2.77 bits per heavy atom. The van der Waals surface area contributed by atoms with E-state index in [0.717, 1.165) is 59.8 Å². The number of nitrogens with zero attached hydrogens (tertiary/aromatic N) is 3. The highest BCUT2D eigenvalue weighted by atomic mass is 32.1. The average molecular weight is 440 g/mol. The molecule has 0 saturated carbocycles. The summed E-state index contributed by atoms with van der Waals surface area (Å²) in [6.07, 6.45) is 4.33. The van der Waals surface area contributed by atoms with Gasteiger partial charge >= 0.3 is 0 Å². The van der Waals surface area contributed by atoms with Gasteiger partial charge in [-0.1, -0.05) is 0 Å². The van der Waals surface area contributed by atoms with Crippen LogP contribution in [-0.4, -0.2) is 60.2 Å². The van der Waals surface area contributed by atoms with Gasteiger partial charge in [0, 0.05) is 24.2 Å². The summed E-state index contributed by atoms with van der Waals surface area (Å²) in [5.74, 6) is 2.09. The minimum absolute atomic E-state index is 0.0425. The van der Waals surface area contributed by atoms with E-state index in [-0.39, 0.29) is 11.9 Å². The number of amides is 1. The second-order valence-corrected chi connectivity index (χ2v) is 8.97. The summed E-state index contributed by atoms with van der Waals surface area (Å²) in [6, 6.07) is 7.83. The molecular formula is C22H25N5O3S. The first-order valence-corrected chi connectivity index (χ1v) is 11.4. The molecule has 1 amide bonds. The molecule has 0 unspecified atom stereocenters. The van der Waals surface area contributed by atoms with E-state index in [0.29, 0.717) is 23.9 Å². The maximum Gasteiger partial charge on any atom is 0.261 e. The fraction of sp³-hybridized carbons (Fsp3) is 0.409. The van der Waals surface area contributed by atoms with E-state index in [1.54, 1.807) is 0 Å². The summed E-state index contributed by atoms with van der Waals surface area (Å²) in [5.41, 5.74) is 0.841. The van der Waals surface area contributed by atoms with Crippen LogP contribution in [0.5, 0.6) is 11.5 Å². The Morgan fingerprint density at radius 2 is 1.94 bits per heavy atom. The largest absolute Gasteiger partial charge is 0.490 e. The lowest BCUT2D eigenvalue weighted by Gasteiger charge is -2.29. The summed E-state index contributed by atoms with van der Waals surface area (Å²) < 4.78 is 11.5. The third-order valence-corrected chi connectivity index (χ3v) is 6.66. The Morgan fingerprint density at radius 1 is 1.13 bits per heavy atom. The molecule has 9 heteroatoms. The van der Waals surface area contributed by atoms with Crippen molar-refractivity contribution in [3.05, 3.63) is 35.5 Å². The number of likely N-dealkylation sites (tertiary alicyclic amines) is 1. The zero-order chi connectivity index (χ0) is 21.2. The molecule has 2 aromatic heterocycles. The lowest BCUT2D eigenvalue weighted by Crippen LogP contribution is -2.43.